The van der Waals surface area contributed by atoms with Crippen LogP contribution >= 0.6 is 0 Å². The minimum atomic E-state index is -0.761. The first kappa shape index (κ1) is 28.7. The van der Waals surface area contributed by atoms with Gasteiger partial charge < -0.3 is 19.9 Å². The Morgan fingerprint density at radius 1 is 0.976 bits per heavy atom. The van der Waals surface area contributed by atoms with Crippen LogP contribution in [0.3, 0.4) is 0 Å². The minimum Gasteiger partial charge on any atom is -0.444 e. The molecule has 7 nitrogen and oxygen atoms in total. The quantitative estimate of drug-likeness (QED) is 0.457. The van der Waals surface area contributed by atoms with Gasteiger partial charge in [0.15, 0.2) is 0 Å². The van der Waals surface area contributed by atoms with E-state index in [-0.39, 0.29) is 23.1 Å². The van der Waals surface area contributed by atoms with E-state index in [1.807, 2.05) is 82.2 Å². The number of amides is 3. The summed E-state index contributed by atoms with van der Waals surface area (Å²) < 4.78 is 5.54. The van der Waals surface area contributed by atoms with Gasteiger partial charge in [-0.1, -0.05) is 66.7 Å². The lowest BCUT2D eigenvalue weighted by molar-refractivity contribution is -0.135. The summed E-state index contributed by atoms with van der Waals surface area (Å²) in [5, 5.41) is 5.05. The van der Waals surface area contributed by atoms with E-state index in [4.69, 9.17) is 4.74 Å². The number of piperidine rings is 1. The van der Waals surface area contributed by atoms with Crippen molar-refractivity contribution in [3.05, 3.63) is 83.4 Å². The number of nitrogens with one attached hydrogen (secondary N) is 1. The zero-order valence-electron chi connectivity index (χ0n) is 24.8. The first-order valence-corrected chi connectivity index (χ1v) is 14.5. The monoisotopic (exact) mass is 555 g/mol. The molecule has 2 aliphatic rings. The van der Waals surface area contributed by atoms with Crippen LogP contribution in [0.1, 0.15) is 62.6 Å². The predicted molar refractivity (Wildman–Crippen MR) is 161 cm³/mol. The van der Waals surface area contributed by atoms with E-state index in [0.717, 1.165) is 41.2 Å². The molecule has 2 atom stereocenters. The normalized spacial score (nSPS) is 18.6. The van der Waals surface area contributed by atoms with Gasteiger partial charge in [-0.25, -0.2) is 4.79 Å². The largest absolute Gasteiger partial charge is 0.444 e. The highest BCUT2D eigenvalue weighted by Crippen LogP contribution is 2.52. The molecule has 1 aliphatic heterocycles. The van der Waals surface area contributed by atoms with E-state index in [9.17, 15) is 14.4 Å². The SMILES string of the molecule is CN(C)C(=O)[C@@H]1CC2(CCN(C(=O)[C@@H](Cc3cccc4ccccc34)NC(=O)OC(C)(C)C)CC2)c2ccccc21. The maximum Gasteiger partial charge on any atom is 0.408 e. The van der Waals surface area contributed by atoms with Gasteiger partial charge in [-0.05, 0) is 67.5 Å². The van der Waals surface area contributed by atoms with Crippen molar-refractivity contribution in [2.75, 3.05) is 27.2 Å². The molecule has 3 amide bonds. The van der Waals surface area contributed by atoms with Crippen LogP contribution in [0.4, 0.5) is 4.79 Å². The predicted octanol–water partition coefficient (Wildman–Crippen LogP) is 5.41. The molecule has 0 radical (unpaired) electrons. The number of nitrogens with zero attached hydrogens (tertiary/aromatic N) is 2. The Labute approximate surface area is 242 Å². The molecule has 3 aromatic carbocycles. The molecule has 7 heteroatoms. The highest BCUT2D eigenvalue weighted by Gasteiger charge is 2.48. The fourth-order valence-electron chi connectivity index (χ4n) is 6.62. The van der Waals surface area contributed by atoms with Crippen molar-refractivity contribution >= 4 is 28.7 Å². The third-order valence-electron chi connectivity index (χ3n) is 8.57. The lowest BCUT2D eigenvalue weighted by atomic mass is 9.73. The third-order valence-corrected chi connectivity index (χ3v) is 8.57. The molecule has 5 rings (SSSR count). The van der Waals surface area contributed by atoms with Gasteiger partial charge in [0.2, 0.25) is 11.8 Å². The second kappa shape index (κ2) is 11.2. The molecule has 0 aromatic heterocycles. The van der Waals surface area contributed by atoms with Gasteiger partial charge in [0.25, 0.3) is 0 Å². The van der Waals surface area contributed by atoms with Crippen molar-refractivity contribution in [3.8, 4) is 0 Å². The van der Waals surface area contributed by atoms with Crippen LogP contribution < -0.4 is 5.32 Å². The fraction of sp³-hybridized carbons (Fsp3) is 0.441. The van der Waals surface area contributed by atoms with Gasteiger partial charge >= 0.3 is 6.09 Å². The van der Waals surface area contributed by atoms with Crippen LogP contribution in [0.2, 0.25) is 0 Å². The van der Waals surface area contributed by atoms with Crippen LogP contribution in [0.15, 0.2) is 66.7 Å². The molecule has 1 saturated heterocycles. The number of carbonyl (C=O) groups excluding carboxylic acids is 3. The highest BCUT2D eigenvalue weighted by molar-refractivity contribution is 5.89. The van der Waals surface area contributed by atoms with Crippen LogP contribution in [-0.4, -0.2) is 66.5 Å². The molecule has 3 aromatic rings. The topological polar surface area (TPSA) is 79.0 Å². The zero-order valence-corrected chi connectivity index (χ0v) is 24.8. The van der Waals surface area contributed by atoms with Crippen LogP contribution in [0.25, 0.3) is 10.8 Å². The van der Waals surface area contributed by atoms with Crippen LogP contribution in [0, 0.1) is 0 Å². The molecule has 1 fully saturated rings. The number of hydrogen-bond donors (Lipinski definition) is 1. The second-order valence-corrected chi connectivity index (χ2v) is 12.7. The van der Waals surface area contributed by atoms with Gasteiger partial charge in [0.1, 0.15) is 11.6 Å². The standard InChI is InChI=1S/C34H41N3O4/c1-33(2,3)41-32(40)35-29(21-24-13-10-12-23-11-6-7-14-25(23)24)31(39)37-19-17-34(18-20-37)22-27(30(38)36(4)5)26-15-8-9-16-28(26)34/h6-16,27,29H,17-22H2,1-5H3,(H,35,40)/t27-,29-/m1/s1. The van der Waals surface area contributed by atoms with E-state index < -0.39 is 17.7 Å². The molecule has 0 unspecified atom stereocenters. The van der Waals surface area contributed by atoms with E-state index in [1.165, 1.54) is 5.56 Å². The summed E-state index contributed by atoms with van der Waals surface area (Å²) in [4.78, 5) is 43.5. The summed E-state index contributed by atoms with van der Waals surface area (Å²) in [6.45, 7) is 6.57. The first-order valence-electron chi connectivity index (χ1n) is 14.5. The summed E-state index contributed by atoms with van der Waals surface area (Å²) in [5.41, 5.74) is 2.55. The number of hydrogen-bond acceptors (Lipinski definition) is 4. The number of rotatable bonds is 5. The lowest BCUT2D eigenvalue weighted by Crippen LogP contribution is -2.54. The summed E-state index contributed by atoms with van der Waals surface area (Å²) in [6, 6.07) is 21.7. The molecular weight excluding hydrogens is 514 g/mol. The number of fused-ring (bicyclic) bond motifs is 3. The first-order chi connectivity index (χ1) is 19.5. The maximum atomic E-state index is 14.0. The van der Waals surface area contributed by atoms with E-state index >= 15 is 0 Å². The van der Waals surface area contributed by atoms with Crippen LogP contribution in [-0.2, 0) is 26.2 Å². The van der Waals surface area contributed by atoms with Crippen molar-refractivity contribution < 1.29 is 19.1 Å². The molecule has 0 saturated carbocycles. The van der Waals surface area contributed by atoms with Crippen molar-refractivity contribution in [1.29, 1.82) is 0 Å². The Kier molecular flexibility index (Phi) is 7.82. The Bertz CT molecular complexity index is 1440. The number of benzene rings is 3. The Morgan fingerprint density at radius 3 is 2.34 bits per heavy atom. The second-order valence-electron chi connectivity index (χ2n) is 12.7. The summed E-state index contributed by atoms with van der Waals surface area (Å²) in [5.74, 6) is -0.133. The Hall–Kier alpha value is -3.87. The van der Waals surface area contributed by atoms with Gasteiger partial charge in [-0.2, -0.15) is 0 Å². The lowest BCUT2D eigenvalue weighted by Gasteiger charge is -2.41. The van der Waals surface area contributed by atoms with Gasteiger partial charge in [0.05, 0.1) is 5.92 Å². The number of likely N-dealkylation sites (tertiary alicyclic amines) is 1. The number of ether oxygens (including phenoxy) is 1. The molecule has 0 bridgehead atoms. The molecule has 216 valence electrons. The minimum absolute atomic E-state index is 0.106. The van der Waals surface area contributed by atoms with Crippen molar-refractivity contribution in [3.63, 3.8) is 0 Å². The average Bonchev–Trinajstić information content (AvgIpc) is 3.25. The van der Waals surface area contributed by atoms with Crippen molar-refractivity contribution in [2.45, 2.75) is 69.4 Å². The Balaban J connectivity index is 1.37. The summed E-state index contributed by atoms with van der Waals surface area (Å²) >= 11 is 0. The number of carbonyl (C=O) groups is 3. The highest BCUT2D eigenvalue weighted by atomic mass is 16.6. The maximum absolute atomic E-state index is 14.0. The van der Waals surface area contributed by atoms with Crippen molar-refractivity contribution in [1.82, 2.24) is 15.1 Å². The zero-order chi connectivity index (χ0) is 29.4. The van der Waals surface area contributed by atoms with E-state index in [0.29, 0.717) is 19.5 Å². The van der Waals surface area contributed by atoms with Gasteiger partial charge in [0, 0.05) is 39.0 Å². The van der Waals surface area contributed by atoms with Gasteiger partial charge in [-0.15, -0.1) is 0 Å². The third kappa shape index (κ3) is 5.95. The van der Waals surface area contributed by atoms with Crippen LogP contribution in [0.5, 0.6) is 0 Å². The van der Waals surface area contributed by atoms with E-state index in [1.54, 1.807) is 4.90 Å². The molecular formula is C34H41N3O4. The molecule has 1 aliphatic carbocycles. The number of alkyl carbamates (subject to hydrolysis) is 1. The molecule has 1 spiro atoms. The average molecular weight is 556 g/mol. The number of likely N-dealkylation sites (N-methyl/N-ethyl adjacent to an activating group) is 1. The molecule has 1 N–H and O–H groups in total. The molecule has 41 heavy (non-hydrogen) atoms. The van der Waals surface area contributed by atoms with Gasteiger partial charge in [-0.3, -0.25) is 9.59 Å². The van der Waals surface area contributed by atoms with Crippen molar-refractivity contribution in [2.24, 2.45) is 0 Å². The summed E-state index contributed by atoms with van der Waals surface area (Å²) in [7, 11) is 3.62. The summed E-state index contributed by atoms with van der Waals surface area (Å²) in [6.07, 6.45) is 2.09. The Morgan fingerprint density at radius 2 is 1.63 bits per heavy atom. The van der Waals surface area contributed by atoms with E-state index in [2.05, 4.69) is 29.6 Å². The molecule has 1 heterocycles. The smallest absolute Gasteiger partial charge is 0.408 e. The fourth-order valence-corrected chi connectivity index (χ4v) is 6.62.